The van der Waals surface area contributed by atoms with E-state index in [1.54, 1.807) is 24.3 Å². The minimum absolute atomic E-state index is 0.192. The summed E-state index contributed by atoms with van der Waals surface area (Å²) in [7, 11) is 1.33. The zero-order valence-corrected chi connectivity index (χ0v) is 16.6. The molecular formula is C21H23N3O3S. The predicted molar refractivity (Wildman–Crippen MR) is 105 cm³/mol. The Kier molecular flexibility index (Phi) is 4.23. The van der Waals surface area contributed by atoms with Gasteiger partial charge in [-0.2, -0.15) is 0 Å². The Morgan fingerprint density at radius 2 is 1.57 bits per heavy atom. The second-order valence-corrected chi connectivity index (χ2v) is 9.61. The lowest BCUT2D eigenvalue weighted by atomic mass is 9.50. The smallest absolute Gasteiger partial charge is 0.337 e. The lowest BCUT2D eigenvalue weighted by Gasteiger charge is -2.55. The number of hydrogen-bond acceptors (Lipinski definition) is 6. The maximum Gasteiger partial charge on any atom is 0.337 e. The molecule has 4 aliphatic rings. The van der Waals surface area contributed by atoms with Crippen molar-refractivity contribution in [3.63, 3.8) is 0 Å². The molecule has 1 heterocycles. The van der Waals surface area contributed by atoms with Crippen molar-refractivity contribution in [1.82, 2.24) is 10.2 Å². The first-order valence-corrected chi connectivity index (χ1v) is 10.7. The van der Waals surface area contributed by atoms with Gasteiger partial charge in [-0.15, -0.1) is 10.2 Å². The van der Waals surface area contributed by atoms with Crippen LogP contribution in [0.25, 0.3) is 0 Å². The highest BCUT2D eigenvalue weighted by Crippen LogP contribution is 2.61. The van der Waals surface area contributed by atoms with Gasteiger partial charge in [-0.25, -0.2) is 4.79 Å². The Bertz CT molecular complexity index is 886. The molecule has 6 rings (SSSR count). The Balaban J connectivity index is 1.30. The number of carbonyl (C=O) groups is 2. The van der Waals surface area contributed by atoms with Gasteiger partial charge in [0.1, 0.15) is 5.01 Å². The molecule has 1 N–H and O–H groups in total. The summed E-state index contributed by atoms with van der Waals surface area (Å²) in [6.45, 7) is 0. The van der Waals surface area contributed by atoms with E-state index in [1.165, 1.54) is 57.0 Å². The van der Waals surface area contributed by atoms with Gasteiger partial charge in [0.05, 0.1) is 12.7 Å². The van der Waals surface area contributed by atoms with Crippen molar-refractivity contribution < 1.29 is 14.3 Å². The van der Waals surface area contributed by atoms with Gasteiger partial charge in [-0.3, -0.25) is 10.1 Å². The molecule has 2 aromatic rings. The lowest BCUT2D eigenvalue weighted by molar-refractivity contribution is -0.00556. The fourth-order valence-electron chi connectivity index (χ4n) is 5.91. The Hall–Kier alpha value is -2.28. The summed E-state index contributed by atoms with van der Waals surface area (Å²) in [5, 5.41) is 13.3. The molecule has 4 bridgehead atoms. The highest BCUT2D eigenvalue weighted by molar-refractivity contribution is 7.15. The number of nitrogens with zero attached hydrogens (tertiary/aromatic N) is 2. The summed E-state index contributed by atoms with van der Waals surface area (Å²) < 4.78 is 4.68. The van der Waals surface area contributed by atoms with Crippen LogP contribution < -0.4 is 5.32 Å². The average molecular weight is 398 g/mol. The van der Waals surface area contributed by atoms with Crippen molar-refractivity contribution in [2.45, 2.75) is 43.9 Å². The normalized spacial score (nSPS) is 30.2. The molecule has 1 aromatic carbocycles. The number of nitrogens with one attached hydrogen (secondary N) is 1. The van der Waals surface area contributed by atoms with Gasteiger partial charge in [-0.1, -0.05) is 11.3 Å². The molecule has 0 unspecified atom stereocenters. The number of ether oxygens (including phenoxy) is 1. The van der Waals surface area contributed by atoms with E-state index in [0.717, 1.165) is 22.8 Å². The molecule has 1 amide bonds. The van der Waals surface area contributed by atoms with E-state index < -0.39 is 5.97 Å². The number of esters is 1. The molecule has 0 aliphatic heterocycles. The highest BCUT2D eigenvalue weighted by Gasteiger charge is 2.53. The minimum Gasteiger partial charge on any atom is -0.465 e. The van der Waals surface area contributed by atoms with Crippen molar-refractivity contribution in [3.8, 4) is 0 Å². The van der Waals surface area contributed by atoms with Crippen LogP contribution in [0.5, 0.6) is 0 Å². The second kappa shape index (κ2) is 6.65. The quantitative estimate of drug-likeness (QED) is 0.788. The van der Waals surface area contributed by atoms with Crippen LogP contribution in [0.4, 0.5) is 5.13 Å². The summed E-state index contributed by atoms with van der Waals surface area (Å²) in [5.74, 6) is 1.88. The Morgan fingerprint density at radius 1 is 1.00 bits per heavy atom. The number of benzene rings is 1. The number of rotatable bonds is 4. The van der Waals surface area contributed by atoms with Crippen LogP contribution in [0.15, 0.2) is 24.3 Å². The van der Waals surface area contributed by atoms with Crippen LogP contribution in [-0.4, -0.2) is 29.2 Å². The van der Waals surface area contributed by atoms with Gasteiger partial charge in [0.15, 0.2) is 0 Å². The van der Waals surface area contributed by atoms with Crippen molar-refractivity contribution in [2.75, 3.05) is 12.4 Å². The van der Waals surface area contributed by atoms with Gasteiger partial charge in [0.2, 0.25) is 5.13 Å². The summed E-state index contributed by atoms with van der Waals surface area (Å²) >= 11 is 1.53. The molecule has 1 aromatic heterocycles. The van der Waals surface area contributed by atoms with Crippen LogP contribution in [-0.2, 0) is 10.2 Å². The second-order valence-electron chi connectivity index (χ2n) is 8.63. The van der Waals surface area contributed by atoms with Gasteiger partial charge >= 0.3 is 5.97 Å². The summed E-state index contributed by atoms with van der Waals surface area (Å²) in [6, 6.07) is 6.40. The van der Waals surface area contributed by atoms with E-state index in [2.05, 4.69) is 20.3 Å². The Morgan fingerprint density at radius 3 is 2.14 bits per heavy atom. The third-order valence-corrected chi connectivity index (χ3v) is 7.79. The third-order valence-electron chi connectivity index (χ3n) is 6.71. The number of anilines is 1. The maximum atomic E-state index is 12.5. The van der Waals surface area contributed by atoms with Crippen LogP contribution >= 0.6 is 11.3 Å². The van der Waals surface area contributed by atoms with E-state index in [9.17, 15) is 9.59 Å². The summed E-state index contributed by atoms with van der Waals surface area (Å²) in [5.41, 5.74) is 1.08. The van der Waals surface area contributed by atoms with Crippen LogP contribution in [0.2, 0.25) is 0 Å². The summed E-state index contributed by atoms with van der Waals surface area (Å²) in [6.07, 6.45) is 7.87. The molecule has 7 heteroatoms. The molecule has 0 atom stereocenters. The fraction of sp³-hybridized carbons (Fsp3) is 0.524. The first-order chi connectivity index (χ1) is 13.5. The topological polar surface area (TPSA) is 81.2 Å². The van der Waals surface area contributed by atoms with Gasteiger partial charge < -0.3 is 4.74 Å². The van der Waals surface area contributed by atoms with Crippen LogP contribution in [0.1, 0.15) is 64.2 Å². The first-order valence-electron chi connectivity index (χ1n) is 9.88. The van der Waals surface area contributed by atoms with Crippen molar-refractivity contribution >= 4 is 28.3 Å². The molecule has 28 heavy (non-hydrogen) atoms. The monoisotopic (exact) mass is 397 g/mol. The SMILES string of the molecule is COC(=O)c1ccc(C(=O)Nc2nnc(C34CC5CC(CC(C5)C3)C4)s2)cc1. The largest absolute Gasteiger partial charge is 0.465 e. The minimum atomic E-state index is -0.420. The van der Waals surface area contributed by atoms with E-state index in [1.807, 2.05) is 0 Å². The van der Waals surface area contributed by atoms with Crippen LogP contribution in [0, 0.1) is 17.8 Å². The molecule has 4 fully saturated rings. The number of amides is 1. The van der Waals surface area contributed by atoms with Crippen molar-refractivity contribution in [3.05, 3.63) is 40.4 Å². The molecule has 0 spiro atoms. The van der Waals surface area contributed by atoms with Crippen molar-refractivity contribution in [1.29, 1.82) is 0 Å². The summed E-state index contributed by atoms with van der Waals surface area (Å²) in [4.78, 5) is 24.0. The Labute approximate surface area is 167 Å². The van der Waals surface area contributed by atoms with E-state index >= 15 is 0 Å². The fourth-order valence-corrected chi connectivity index (χ4v) is 6.86. The van der Waals surface area contributed by atoms with Crippen LogP contribution in [0.3, 0.4) is 0 Å². The number of hydrogen-bond donors (Lipinski definition) is 1. The predicted octanol–water partition coefficient (Wildman–Crippen LogP) is 4.04. The molecule has 4 aliphatic carbocycles. The van der Waals surface area contributed by atoms with Gasteiger partial charge in [-0.05, 0) is 80.5 Å². The molecular weight excluding hydrogens is 374 g/mol. The average Bonchev–Trinajstić information content (AvgIpc) is 3.16. The molecule has 0 radical (unpaired) electrons. The van der Waals surface area contributed by atoms with E-state index in [0.29, 0.717) is 16.3 Å². The van der Waals surface area contributed by atoms with E-state index in [4.69, 9.17) is 0 Å². The van der Waals surface area contributed by atoms with E-state index in [-0.39, 0.29) is 11.3 Å². The standard InChI is InChI=1S/C21H23N3O3S/c1-27-18(26)16-4-2-15(3-5-16)17(25)22-20-24-23-19(28-20)21-9-12-6-13(10-21)8-14(7-12)11-21/h2-5,12-14H,6-11H2,1H3,(H,22,24,25). The third kappa shape index (κ3) is 3.02. The lowest BCUT2D eigenvalue weighted by Crippen LogP contribution is -2.48. The van der Waals surface area contributed by atoms with Crippen molar-refractivity contribution in [2.24, 2.45) is 17.8 Å². The maximum absolute atomic E-state index is 12.5. The highest BCUT2D eigenvalue weighted by atomic mass is 32.1. The molecule has 0 saturated heterocycles. The zero-order valence-electron chi connectivity index (χ0n) is 15.8. The molecule has 6 nitrogen and oxygen atoms in total. The molecule has 4 saturated carbocycles. The molecule has 146 valence electrons. The van der Waals surface area contributed by atoms with Gasteiger partial charge in [0, 0.05) is 11.0 Å². The zero-order chi connectivity index (χ0) is 19.3. The first kappa shape index (κ1) is 17.8. The number of carbonyl (C=O) groups excluding carboxylic acids is 2. The number of aromatic nitrogens is 2. The number of methoxy groups -OCH3 is 1. The van der Waals surface area contributed by atoms with Gasteiger partial charge in [0.25, 0.3) is 5.91 Å².